The van der Waals surface area contributed by atoms with Crippen LogP contribution in [0.1, 0.15) is 20.8 Å². The van der Waals surface area contributed by atoms with Crippen LogP contribution in [0.5, 0.6) is 0 Å². The number of rotatable bonds is 3. The third kappa shape index (κ3) is 4.17. The van der Waals surface area contributed by atoms with Gasteiger partial charge in [0.25, 0.3) is 0 Å². The highest BCUT2D eigenvalue weighted by Gasteiger charge is 2.32. The van der Waals surface area contributed by atoms with Gasteiger partial charge in [0.1, 0.15) is 0 Å². The lowest BCUT2D eigenvalue weighted by molar-refractivity contribution is -0.157. The highest BCUT2D eigenvalue weighted by Crippen LogP contribution is 2.16. The molecule has 0 fully saturated rings. The van der Waals surface area contributed by atoms with E-state index >= 15 is 0 Å². The van der Waals surface area contributed by atoms with Crippen molar-refractivity contribution in [2.45, 2.75) is 26.4 Å². The van der Waals surface area contributed by atoms with Crippen molar-refractivity contribution >= 4 is 23.0 Å². The van der Waals surface area contributed by atoms with Crippen LogP contribution in [0, 0.1) is 0 Å². The third-order valence-electron chi connectivity index (χ3n) is 1.28. The fourth-order valence-corrected chi connectivity index (χ4v) is 1.15. The molecule has 0 atom stereocenters. The molecule has 0 aromatic rings. The van der Waals surface area contributed by atoms with Crippen LogP contribution >= 0.6 is 11.8 Å². The lowest BCUT2D eigenvalue weighted by Gasteiger charge is -2.21. The molecule has 0 aliphatic carbocycles. The number of esters is 1. The summed E-state index contributed by atoms with van der Waals surface area (Å²) in [5, 5.41) is -0.460. The minimum absolute atomic E-state index is 0.460. The van der Waals surface area contributed by atoms with E-state index in [1.54, 1.807) is 0 Å². The SMILES string of the molecule is CCSC(=O)OC(C)(C)C(=O)OC. The van der Waals surface area contributed by atoms with Gasteiger partial charge in [-0.2, -0.15) is 0 Å². The van der Waals surface area contributed by atoms with Gasteiger partial charge in [-0.3, -0.25) is 0 Å². The summed E-state index contributed by atoms with van der Waals surface area (Å²) in [6, 6.07) is 0. The lowest BCUT2D eigenvalue weighted by atomic mass is 10.1. The van der Waals surface area contributed by atoms with Crippen LogP contribution in [0.15, 0.2) is 0 Å². The molecule has 0 saturated heterocycles. The summed E-state index contributed by atoms with van der Waals surface area (Å²) in [6.45, 7) is 4.82. The molecule has 0 rings (SSSR count). The molecule has 0 bridgehead atoms. The van der Waals surface area contributed by atoms with Gasteiger partial charge >= 0.3 is 11.3 Å². The standard InChI is InChI=1S/C8H14O4S/c1-5-13-7(10)12-8(2,3)6(9)11-4/h5H2,1-4H3. The first-order valence-corrected chi connectivity index (χ1v) is 4.86. The van der Waals surface area contributed by atoms with Crippen molar-refractivity contribution in [1.29, 1.82) is 0 Å². The Morgan fingerprint density at radius 3 is 2.31 bits per heavy atom. The Morgan fingerprint density at radius 1 is 1.38 bits per heavy atom. The number of hydrogen-bond donors (Lipinski definition) is 0. The molecule has 0 aromatic heterocycles. The Morgan fingerprint density at radius 2 is 1.92 bits per heavy atom. The molecule has 0 aliphatic rings. The summed E-state index contributed by atoms with van der Waals surface area (Å²) in [4.78, 5) is 22.1. The predicted molar refractivity (Wildman–Crippen MR) is 50.7 cm³/mol. The van der Waals surface area contributed by atoms with Crippen molar-refractivity contribution in [3.63, 3.8) is 0 Å². The van der Waals surface area contributed by atoms with Crippen molar-refractivity contribution in [2.24, 2.45) is 0 Å². The maximum atomic E-state index is 11.1. The van der Waals surface area contributed by atoms with Crippen molar-refractivity contribution < 1.29 is 19.1 Å². The average Bonchev–Trinajstić information content (AvgIpc) is 2.02. The van der Waals surface area contributed by atoms with Crippen LogP contribution < -0.4 is 0 Å². The molecule has 13 heavy (non-hydrogen) atoms. The van der Waals surface area contributed by atoms with E-state index in [1.807, 2.05) is 6.92 Å². The lowest BCUT2D eigenvalue weighted by Crippen LogP contribution is -2.37. The fourth-order valence-electron chi connectivity index (χ4n) is 0.643. The van der Waals surface area contributed by atoms with Gasteiger partial charge in [-0.25, -0.2) is 9.59 Å². The van der Waals surface area contributed by atoms with Crippen LogP contribution in [0.25, 0.3) is 0 Å². The van der Waals surface area contributed by atoms with Crippen molar-refractivity contribution in [2.75, 3.05) is 12.9 Å². The van der Waals surface area contributed by atoms with Gasteiger partial charge in [-0.15, -0.1) is 0 Å². The molecular formula is C8H14O4S. The van der Waals surface area contributed by atoms with E-state index in [0.717, 1.165) is 11.8 Å². The number of carbonyl (C=O) groups excluding carboxylic acids is 2. The minimum Gasteiger partial charge on any atom is -0.466 e. The van der Waals surface area contributed by atoms with Gasteiger partial charge in [0, 0.05) is 5.75 Å². The summed E-state index contributed by atoms with van der Waals surface area (Å²) in [6.07, 6.45) is 0. The zero-order chi connectivity index (χ0) is 10.5. The summed E-state index contributed by atoms with van der Waals surface area (Å²) in [5.41, 5.74) is -1.20. The second-order valence-electron chi connectivity index (χ2n) is 2.79. The highest BCUT2D eigenvalue weighted by molar-refractivity contribution is 8.13. The van der Waals surface area contributed by atoms with Gasteiger partial charge < -0.3 is 9.47 Å². The zero-order valence-corrected chi connectivity index (χ0v) is 9.06. The van der Waals surface area contributed by atoms with E-state index < -0.39 is 16.9 Å². The van der Waals surface area contributed by atoms with Gasteiger partial charge in [0.15, 0.2) is 0 Å². The molecule has 0 N–H and O–H groups in total. The molecule has 0 spiro atoms. The van der Waals surface area contributed by atoms with Crippen LogP contribution in [-0.2, 0) is 14.3 Å². The van der Waals surface area contributed by atoms with Gasteiger partial charge in [0.05, 0.1) is 7.11 Å². The van der Waals surface area contributed by atoms with E-state index in [0.29, 0.717) is 5.75 Å². The summed E-state index contributed by atoms with van der Waals surface area (Å²) in [7, 11) is 1.25. The Kier molecular flexibility index (Phi) is 4.83. The Hall–Kier alpha value is -0.710. The number of thioether (sulfide) groups is 1. The quantitative estimate of drug-likeness (QED) is 0.659. The summed E-state index contributed by atoms with van der Waals surface area (Å²) in [5.74, 6) is 0.0633. The monoisotopic (exact) mass is 206 g/mol. The first-order chi connectivity index (χ1) is 5.94. The molecule has 5 heteroatoms. The minimum atomic E-state index is -1.20. The second kappa shape index (κ2) is 5.11. The van der Waals surface area contributed by atoms with Crippen LogP contribution in [0.4, 0.5) is 4.79 Å². The second-order valence-corrected chi connectivity index (χ2v) is 3.99. The van der Waals surface area contributed by atoms with Crippen LogP contribution in [0.3, 0.4) is 0 Å². The molecule has 0 unspecified atom stereocenters. The van der Waals surface area contributed by atoms with E-state index in [-0.39, 0.29) is 0 Å². The van der Waals surface area contributed by atoms with Gasteiger partial charge in [-0.1, -0.05) is 6.92 Å². The van der Waals surface area contributed by atoms with E-state index in [9.17, 15) is 9.59 Å². The molecule has 0 aromatic carbocycles. The zero-order valence-electron chi connectivity index (χ0n) is 8.25. The first kappa shape index (κ1) is 12.3. The van der Waals surface area contributed by atoms with Gasteiger partial charge in [-0.05, 0) is 25.6 Å². The summed E-state index contributed by atoms with van der Waals surface area (Å²) < 4.78 is 9.35. The highest BCUT2D eigenvalue weighted by atomic mass is 32.2. The summed E-state index contributed by atoms with van der Waals surface area (Å²) >= 11 is 1.02. The molecule has 0 saturated carbocycles. The average molecular weight is 206 g/mol. The molecule has 0 amide bonds. The largest absolute Gasteiger partial charge is 0.466 e. The van der Waals surface area contributed by atoms with Crippen molar-refractivity contribution in [1.82, 2.24) is 0 Å². The Balaban J connectivity index is 4.16. The van der Waals surface area contributed by atoms with Crippen LogP contribution in [-0.4, -0.2) is 29.7 Å². The number of methoxy groups -OCH3 is 1. The molecule has 0 radical (unpaired) electrons. The molecule has 76 valence electrons. The fraction of sp³-hybridized carbons (Fsp3) is 0.750. The molecular weight excluding hydrogens is 192 g/mol. The van der Waals surface area contributed by atoms with Gasteiger partial charge in [0.2, 0.25) is 5.60 Å². The van der Waals surface area contributed by atoms with E-state index in [2.05, 4.69) is 4.74 Å². The first-order valence-electron chi connectivity index (χ1n) is 3.88. The normalized spacial score (nSPS) is 10.8. The molecule has 0 aliphatic heterocycles. The van der Waals surface area contributed by atoms with Crippen molar-refractivity contribution in [3.05, 3.63) is 0 Å². The number of ether oxygens (including phenoxy) is 2. The maximum absolute atomic E-state index is 11.1. The topological polar surface area (TPSA) is 52.6 Å². The Labute approximate surface area is 82.0 Å². The smallest absolute Gasteiger partial charge is 0.368 e. The molecule has 0 heterocycles. The van der Waals surface area contributed by atoms with E-state index in [1.165, 1.54) is 21.0 Å². The van der Waals surface area contributed by atoms with E-state index in [4.69, 9.17) is 4.74 Å². The number of carbonyl (C=O) groups is 2. The van der Waals surface area contributed by atoms with Crippen molar-refractivity contribution in [3.8, 4) is 0 Å². The predicted octanol–water partition coefficient (Wildman–Crippen LogP) is 1.83. The number of hydrogen-bond acceptors (Lipinski definition) is 5. The third-order valence-corrected chi connectivity index (χ3v) is 1.89. The maximum Gasteiger partial charge on any atom is 0.368 e. The van der Waals surface area contributed by atoms with Crippen LogP contribution in [0.2, 0.25) is 0 Å². The molecule has 4 nitrogen and oxygen atoms in total. The Bertz CT molecular complexity index is 200.